The van der Waals surface area contributed by atoms with Gasteiger partial charge in [0.1, 0.15) is 23.4 Å². The van der Waals surface area contributed by atoms with Crippen molar-refractivity contribution in [3.63, 3.8) is 0 Å². The normalized spacial score (nSPS) is 11.7. The van der Waals surface area contributed by atoms with Crippen LogP contribution in [-0.2, 0) is 0 Å². The Morgan fingerprint density at radius 3 is 2.32 bits per heavy atom. The SMILES string of the molecule is CCC(Oc1ccc(SC)cc1)c1ccc(OC(=O)N(C)C)cc1O. The summed E-state index contributed by atoms with van der Waals surface area (Å²) in [5.74, 6) is 1.07. The van der Waals surface area contributed by atoms with Crippen LogP contribution in [0.4, 0.5) is 4.79 Å². The number of hydrogen-bond acceptors (Lipinski definition) is 5. The van der Waals surface area contributed by atoms with Crippen LogP contribution in [0.2, 0.25) is 0 Å². The largest absolute Gasteiger partial charge is 0.507 e. The van der Waals surface area contributed by atoms with Gasteiger partial charge in [0.25, 0.3) is 0 Å². The lowest BCUT2D eigenvalue weighted by molar-refractivity contribution is 0.171. The van der Waals surface area contributed by atoms with Crippen LogP contribution in [0.1, 0.15) is 25.0 Å². The molecule has 0 saturated carbocycles. The average molecular weight is 361 g/mol. The van der Waals surface area contributed by atoms with Crippen molar-refractivity contribution >= 4 is 17.9 Å². The molecule has 0 saturated heterocycles. The Kier molecular flexibility index (Phi) is 6.58. The van der Waals surface area contributed by atoms with E-state index >= 15 is 0 Å². The van der Waals surface area contributed by atoms with Gasteiger partial charge in [0, 0.05) is 30.6 Å². The summed E-state index contributed by atoms with van der Waals surface area (Å²) in [4.78, 5) is 14.1. The molecule has 5 nitrogen and oxygen atoms in total. The molecule has 2 rings (SSSR count). The molecular formula is C19H23NO4S. The van der Waals surface area contributed by atoms with Gasteiger partial charge in [-0.05, 0) is 49.1 Å². The Bertz CT molecular complexity index is 716. The molecule has 0 aliphatic heterocycles. The van der Waals surface area contributed by atoms with Crippen LogP contribution >= 0.6 is 11.8 Å². The maximum atomic E-state index is 11.6. The summed E-state index contributed by atoms with van der Waals surface area (Å²) in [6.07, 6.45) is 1.92. The standard InChI is InChI=1S/C19H23NO4S/c1-5-18(23-13-6-9-15(25-4)10-7-13)16-11-8-14(12-17(16)21)24-19(22)20(2)3/h6-12,18,21H,5H2,1-4H3. The number of rotatable bonds is 6. The summed E-state index contributed by atoms with van der Waals surface area (Å²) in [5, 5.41) is 10.3. The van der Waals surface area contributed by atoms with E-state index in [0.717, 1.165) is 10.6 Å². The minimum atomic E-state index is -0.496. The fourth-order valence-corrected chi connectivity index (χ4v) is 2.64. The smallest absolute Gasteiger partial charge is 0.414 e. The van der Waals surface area contributed by atoms with Crippen LogP contribution in [0.3, 0.4) is 0 Å². The van der Waals surface area contributed by atoms with Crippen molar-refractivity contribution in [3.05, 3.63) is 48.0 Å². The van der Waals surface area contributed by atoms with Gasteiger partial charge in [-0.15, -0.1) is 11.8 Å². The van der Waals surface area contributed by atoms with E-state index in [0.29, 0.717) is 17.7 Å². The number of carbonyl (C=O) groups is 1. The van der Waals surface area contributed by atoms with Crippen LogP contribution in [0.25, 0.3) is 0 Å². The van der Waals surface area contributed by atoms with Gasteiger partial charge in [0.05, 0.1) is 0 Å². The number of amides is 1. The molecule has 0 aliphatic carbocycles. The molecule has 1 N–H and O–H groups in total. The van der Waals surface area contributed by atoms with E-state index in [1.807, 2.05) is 37.4 Å². The number of aromatic hydroxyl groups is 1. The molecule has 0 spiro atoms. The minimum absolute atomic E-state index is 0.0386. The molecule has 1 unspecified atom stereocenters. The predicted octanol–water partition coefficient (Wildman–Crippen LogP) is 4.70. The number of carbonyl (C=O) groups excluding carboxylic acids is 1. The van der Waals surface area contributed by atoms with Gasteiger partial charge in [0.2, 0.25) is 0 Å². The topological polar surface area (TPSA) is 59.0 Å². The highest BCUT2D eigenvalue weighted by atomic mass is 32.2. The monoisotopic (exact) mass is 361 g/mol. The Hall–Kier alpha value is -2.34. The van der Waals surface area contributed by atoms with Crippen molar-refractivity contribution in [3.8, 4) is 17.2 Å². The highest BCUT2D eigenvalue weighted by Gasteiger charge is 2.17. The van der Waals surface area contributed by atoms with Gasteiger partial charge in [-0.25, -0.2) is 4.79 Å². The van der Waals surface area contributed by atoms with Crippen molar-refractivity contribution in [2.75, 3.05) is 20.4 Å². The minimum Gasteiger partial charge on any atom is -0.507 e. The van der Waals surface area contributed by atoms with Crippen molar-refractivity contribution in [2.24, 2.45) is 0 Å². The zero-order valence-electron chi connectivity index (χ0n) is 14.9. The Balaban J connectivity index is 2.15. The summed E-state index contributed by atoms with van der Waals surface area (Å²) < 4.78 is 11.2. The first-order valence-electron chi connectivity index (χ1n) is 7.97. The third kappa shape index (κ3) is 5.06. The molecule has 1 atom stereocenters. The van der Waals surface area contributed by atoms with Gasteiger partial charge in [-0.3, -0.25) is 0 Å². The van der Waals surface area contributed by atoms with Gasteiger partial charge in [-0.2, -0.15) is 0 Å². The Labute approximate surface area is 152 Å². The van der Waals surface area contributed by atoms with Crippen LogP contribution < -0.4 is 9.47 Å². The fraction of sp³-hybridized carbons (Fsp3) is 0.316. The molecule has 0 aromatic heterocycles. The van der Waals surface area contributed by atoms with Gasteiger partial charge < -0.3 is 19.5 Å². The molecule has 0 bridgehead atoms. The van der Waals surface area contributed by atoms with Gasteiger partial charge >= 0.3 is 6.09 Å². The van der Waals surface area contributed by atoms with E-state index in [2.05, 4.69) is 0 Å². The maximum absolute atomic E-state index is 11.6. The second-order valence-electron chi connectivity index (χ2n) is 5.67. The van der Waals surface area contributed by atoms with Crippen LogP contribution in [0.5, 0.6) is 17.2 Å². The number of ether oxygens (including phenoxy) is 2. The molecule has 2 aromatic carbocycles. The van der Waals surface area contributed by atoms with E-state index in [4.69, 9.17) is 9.47 Å². The number of phenolic OH excluding ortho intramolecular Hbond substituents is 1. The van der Waals surface area contributed by atoms with Crippen LogP contribution in [-0.4, -0.2) is 36.5 Å². The second-order valence-corrected chi connectivity index (χ2v) is 6.55. The molecule has 25 heavy (non-hydrogen) atoms. The lowest BCUT2D eigenvalue weighted by Crippen LogP contribution is -2.25. The van der Waals surface area contributed by atoms with Gasteiger partial charge in [-0.1, -0.05) is 6.92 Å². The number of thioether (sulfide) groups is 1. The first-order valence-corrected chi connectivity index (χ1v) is 9.19. The third-order valence-electron chi connectivity index (χ3n) is 3.63. The number of phenols is 1. The zero-order chi connectivity index (χ0) is 18.4. The highest BCUT2D eigenvalue weighted by Crippen LogP contribution is 2.34. The zero-order valence-corrected chi connectivity index (χ0v) is 15.7. The summed E-state index contributed by atoms with van der Waals surface area (Å²) in [6.45, 7) is 1.99. The second kappa shape index (κ2) is 8.67. The third-order valence-corrected chi connectivity index (χ3v) is 4.37. The van der Waals surface area contributed by atoms with E-state index in [1.54, 1.807) is 38.0 Å². The van der Waals surface area contributed by atoms with E-state index in [9.17, 15) is 9.90 Å². The molecule has 134 valence electrons. The fourth-order valence-electron chi connectivity index (χ4n) is 2.24. The first kappa shape index (κ1) is 19.0. The predicted molar refractivity (Wildman–Crippen MR) is 99.7 cm³/mol. The van der Waals surface area contributed by atoms with Crippen molar-refractivity contribution in [1.82, 2.24) is 4.90 Å². The number of nitrogens with zero attached hydrogens (tertiary/aromatic N) is 1. The van der Waals surface area contributed by atoms with E-state index < -0.39 is 6.09 Å². The van der Waals surface area contributed by atoms with E-state index in [-0.39, 0.29) is 11.9 Å². The Morgan fingerprint density at radius 1 is 1.16 bits per heavy atom. The summed E-state index contributed by atoms with van der Waals surface area (Å²) >= 11 is 1.67. The van der Waals surface area contributed by atoms with Crippen molar-refractivity contribution in [2.45, 2.75) is 24.3 Å². The van der Waals surface area contributed by atoms with E-state index in [1.165, 1.54) is 11.0 Å². The van der Waals surface area contributed by atoms with Crippen molar-refractivity contribution in [1.29, 1.82) is 0 Å². The van der Waals surface area contributed by atoms with Crippen LogP contribution in [0.15, 0.2) is 47.4 Å². The summed E-state index contributed by atoms with van der Waals surface area (Å²) in [6, 6.07) is 12.6. The molecular weight excluding hydrogens is 338 g/mol. The molecule has 2 aromatic rings. The molecule has 0 radical (unpaired) electrons. The molecule has 1 amide bonds. The first-order chi connectivity index (χ1) is 11.9. The Morgan fingerprint density at radius 2 is 1.80 bits per heavy atom. The number of hydrogen-bond donors (Lipinski definition) is 1. The number of benzene rings is 2. The highest BCUT2D eigenvalue weighted by molar-refractivity contribution is 7.98. The van der Waals surface area contributed by atoms with Crippen molar-refractivity contribution < 1.29 is 19.4 Å². The summed E-state index contributed by atoms with van der Waals surface area (Å²) in [7, 11) is 3.19. The van der Waals surface area contributed by atoms with Crippen LogP contribution in [0, 0.1) is 0 Å². The molecule has 0 aliphatic rings. The lowest BCUT2D eigenvalue weighted by atomic mass is 10.1. The maximum Gasteiger partial charge on any atom is 0.414 e. The molecule has 0 fully saturated rings. The average Bonchev–Trinajstić information content (AvgIpc) is 2.60. The van der Waals surface area contributed by atoms with Gasteiger partial charge in [0.15, 0.2) is 0 Å². The molecule has 0 heterocycles. The quantitative estimate of drug-likeness (QED) is 0.756. The lowest BCUT2D eigenvalue weighted by Gasteiger charge is -2.20. The molecule has 6 heteroatoms. The summed E-state index contributed by atoms with van der Waals surface area (Å²) in [5.41, 5.74) is 0.654.